The minimum Gasteiger partial charge on any atom is -0.453 e. The molecule has 4 fully saturated rings. The number of thiol groups is 1. The van der Waals surface area contributed by atoms with Crippen LogP contribution in [0.2, 0.25) is 0 Å². The van der Waals surface area contributed by atoms with Crippen molar-refractivity contribution < 1.29 is 132 Å². The number of rotatable bonds is 44. The van der Waals surface area contributed by atoms with E-state index in [1.54, 1.807) is 71.2 Å². The molecule has 14 atom stereocenters. The number of aromatic amines is 1. The molecule has 8 N–H and O–H groups in total. The Labute approximate surface area is 723 Å². The fourth-order valence-corrected chi connectivity index (χ4v) is 16.1. The van der Waals surface area contributed by atoms with E-state index in [2.05, 4.69) is 63.8 Å². The number of H-pyrrole nitrogens is 1. The monoisotopic (exact) mass is 1820 g/mol. The summed E-state index contributed by atoms with van der Waals surface area (Å²) < 4.78 is 129. The van der Waals surface area contributed by atoms with E-state index >= 15 is 4.39 Å². The van der Waals surface area contributed by atoms with Crippen LogP contribution in [0.3, 0.4) is 0 Å². The summed E-state index contributed by atoms with van der Waals surface area (Å²) in [5, 5.41) is 24.5. The number of hydrogen-bond acceptors (Lipinski definition) is 31. The van der Waals surface area contributed by atoms with Crippen LogP contribution >= 0.6 is 25.8 Å². The summed E-state index contributed by atoms with van der Waals surface area (Å²) in [4.78, 5) is 148. The molecule has 684 valence electrons. The Morgan fingerprint density at radius 2 is 1.35 bits per heavy atom. The summed E-state index contributed by atoms with van der Waals surface area (Å²) in [6.07, 6.45) is -7.74. The van der Waals surface area contributed by atoms with E-state index in [9.17, 15) is 62.1 Å². The fourth-order valence-electron chi connectivity index (χ4n) is 13.2. The lowest BCUT2D eigenvalue weighted by Crippen LogP contribution is -2.57. The maximum atomic E-state index is 16.6. The average Bonchev–Trinajstić information content (AvgIpc) is 1.60. The van der Waals surface area contributed by atoms with Crippen molar-refractivity contribution in [1.29, 1.82) is 0 Å². The number of nitrogens with one attached hydrogen (secondary N) is 6. The van der Waals surface area contributed by atoms with E-state index in [-0.39, 0.29) is 97.4 Å². The third-order valence-corrected chi connectivity index (χ3v) is 22.9. The normalized spacial score (nSPS) is 22.9. The number of aliphatic hydroxyl groups is 1. The number of aromatic nitrogens is 7. The van der Waals surface area contributed by atoms with E-state index < -0.39 is 146 Å². The third-order valence-electron chi connectivity index (χ3n) is 19.8. The number of ether oxygens (including phenoxy) is 11. The molecule has 4 aliphatic heterocycles. The molecule has 3 unspecified atom stereocenters. The lowest BCUT2D eigenvalue weighted by molar-refractivity contribution is -0.139. The van der Waals surface area contributed by atoms with Gasteiger partial charge in [-0.3, -0.25) is 61.4 Å². The van der Waals surface area contributed by atoms with Gasteiger partial charge in [0.2, 0.25) is 35.4 Å². The molecule has 2 aromatic carbocycles. The fraction of sp³-hybridized carbons (Fsp3) is 0.597. The molecule has 8 heterocycles. The number of anilines is 2. The topological polar surface area (TPSA) is 493 Å². The predicted octanol–water partition coefficient (Wildman–Crippen LogP) is 4.76. The van der Waals surface area contributed by atoms with Crippen molar-refractivity contribution >= 4 is 119 Å². The van der Waals surface area contributed by atoms with Crippen LogP contribution in [0.25, 0.3) is 22.2 Å². The Morgan fingerprint density at radius 1 is 0.734 bits per heavy atom. The molecule has 6 aromatic rings. The molecule has 8 amide bonds. The molecule has 10 rings (SSSR count). The maximum absolute atomic E-state index is 16.6. The highest BCUT2D eigenvalue weighted by atomic mass is 32.7. The number of alkyl halides is 1. The maximum Gasteiger partial charge on any atom is 0.409 e. The van der Waals surface area contributed by atoms with Crippen LogP contribution in [0.5, 0.6) is 0 Å². The zero-order valence-corrected chi connectivity index (χ0v) is 73.3. The first kappa shape index (κ1) is 99.4. The number of aliphatic hydroxyl groups excluding tert-OH is 1. The molecule has 0 aliphatic carbocycles. The summed E-state index contributed by atoms with van der Waals surface area (Å²) in [6.45, 7) is 4.81. The summed E-state index contributed by atoms with van der Waals surface area (Å²) in [5.74, 6) is -4.81. The Kier molecular flexibility index (Phi) is 39.3. The first-order valence-corrected chi connectivity index (χ1v) is 45.4. The first-order chi connectivity index (χ1) is 59.4. The van der Waals surface area contributed by atoms with Crippen molar-refractivity contribution in [3.8, 4) is 0 Å². The van der Waals surface area contributed by atoms with Crippen molar-refractivity contribution in [3.05, 3.63) is 107 Å². The molecule has 124 heavy (non-hydrogen) atoms. The highest BCUT2D eigenvalue weighted by molar-refractivity contribution is 8.44. The number of hydrogen-bond donors (Lipinski definition) is 9. The van der Waals surface area contributed by atoms with E-state index in [0.717, 1.165) is 41.7 Å². The first-order valence-electron chi connectivity index (χ1n) is 40.1. The van der Waals surface area contributed by atoms with Gasteiger partial charge < -0.3 is 108 Å². The molecule has 0 radical (unpaired) electrons. The van der Waals surface area contributed by atoms with Gasteiger partial charge in [-0.2, -0.15) is 0 Å². The van der Waals surface area contributed by atoms with Gasteiger partial charge in [-0.25, -0.2) is 38.1 Å². The number of benzene rings is 2. The van der Waals surface area contributed by atoms with Crippen molar-refractivity contribution in [1.82, 2.24) is 59.8 Å². The Hall–Kier alpha value is -8.38. The molecule has 41 nitrogen and oxygen atoms in total. The van der Waals surface area contributed by atoms with Crippen molar-refractivity contribution in [3.63, 3.8) is 0 Å². The standard InChI is InChI=1S/C45H75N5O14.C32H33F2N9O13P2S2/c1-7-36-11-13-37(14-12-36)47-42(53)35(5)46-44(55)41(33(2)3)49-43(54)38(10-8-9-16-50-40(52)32-34(4)45(50)56)48-39(51)15-17-58-20-21-60-24-25-62-28-29-64-31-30-63-27-26-61-23-22-59-19-18-57-6;1-41(32(47)50-2)7-14-5-3-4-6-15(14)28(45)40-25-21-27(37-11-35-25)43(13-39-21)30-20(34)23-18(54-30)10-52-58(49,60)56-24-22(44)17(9-51-57(48,59)55-23)53-31(24)42-8-16(33)19-26(42)36-12-38-29(19)46/h11-14,33-35,38,41H,7-10,15-32H2,1-6H3,(H,46,55)(H,47,53)(H,48,51)(H,49,54);3-6,8,11-13,17-18,20,22-24,30-31,44H,7,9-10H2,1-2H3,(H,48,59)(H,49,60)(H,36,38,46)(H,35,37,40,45)/t34?,35-,38-,41-;17-,18-,20-,22-,23-,24-,30-,31-,57?,58?/m01/s1. The number of amides is 8. The molecular formula is C77H108F2N14O27P2S2. The predicted molar refractivity (Wildman–Crippen MR) is 445 cm³/mol. The van der Waals surface area contributed by atoms with Crippen LogP contribution in [0, 0.1) is 17.7 Å². The second kappa shape index (κ2) is 49.1. The van der Waals surface area contributed by atoms with Gasteiger partial charge in [0.25, 0.3) is 11.5 Å². The number of fused-ring (bicyclic) bond motifs is 5. The number of halogens is 2. The summed E-state index contributed by atoms with van der Waals surface area (Å²) in [7, 11) is 4.36. The number of carbonyl (C=O) groups is 8. The Bertz CT molecular complexity index is 4700. The minimum atomic E-state index is -4.55. The second-order valence-electron chi connectivity index (χ2n) is 29.2. The quantitative estimate of drug-likeness (QED) is 0.0108. The van der Waals surface area contributed by atoms with Crippen LogP contribution in [0.1, 0.15) is 101 Å². The molecule has 47 heteroatoms. The van der Waals surface area contributed by atoms with E-state index in [4.69, 9.17) is 82.0 Å². The molecular weight excluding hydrogens is 1720 g/mol. The number of carbonyl (C=O) groups excluding carboxylic acids is 8. The smallest absolute Gasteiger partial charge is 0.409 e. The second-order valence-corrected chi connectivity index (χ2v) is 34.8. The van der Waals surface area contributed by atoms with E-state index in [1.165, 1.54) is 28.5 Å². The van der Waals surface area contributed by atoms with Crippen LogP contribution in [-0.2, 0) is 128 Å². The molecule has 4 saturated heterocycles. The number of nitrogens with zero attached hydrogens (tertiary/aromatic N) is 8. The van der Waals surface area contributed by atoms with Crippen LogP contribution in [-0.4, -0.2) is 296 Å². The Morgan fingerprint density at radius 3 is 1.97 bits per heavy atom. The van der Waals surface area contributed by atoms with Gasteiger partial charge in [0, 0.05) is 63.5 Å². The van der Waals surface area contributed by atoms with Crippen molar-refractivity contribution in [2.75, 3.05) is 151 Å². The zero-order chi connectivity index (χ0) is 89.6. The number of likely N-dealkylation sites (tertiary alicyclic amines) is 1. The van der Waals surface area contributed by atoms with Crippen molar-refractivity contribution in [2.24, 2.45) is 11.8 Å². The highest BCUT2D eigenvalue weighted by Crippen LogP contribution is 2.58. The van der Waals surface area contributed by atoms with Crippen LogP contribution in [0.15, 0.2) is 78.5 Å². The highest BCUT2D eigenvalue weighted by Gasteiger charge is 2.54. The lowest BCUT2D eigenvalue weighted by atomic mass is 10.0. The van der Waals surface area contributed by atoms with Gasteiger partial charge in [-0.05, 0) is 79.7 Å². The molecule has 4 aromatic heterocycles. The number of unbranched alkanes of at least 4 members (excludes halogenated alkanes) is 1. The Balaban J connectivity index is 0.000000281. The summed E-state index contributed by atoms with van der Waals surface area (Å²) in [5.41, 5.74) is 1.41. The van der Waals surface area contributed by atoms with Gasteiger partial charge in [0.05, 0.1) is 132 Å². The minimum absolute atomic E-state index is 0.0125. The molecule has 4 aliphatic rings. The lowest BCUT2D eigenvalue weighted by Gasteiger charge is -2.27. The van der Waals surface area contributed by atoms with Gasteiger partial charge >= 0.3 is 19.6 Å². The van der Waals surface area contributed by atoms with Crippen LogP contribution in [0.4, 0.5) is 25.1 Å². The molecule has 2 bridgehead atoms. The number of imidazole rings is 1. The number of imide groups is 1. The van der Waals surface area contributed by atoms with Crippen LogP contribution < -0.4 is 32.1 Å². The van der Waals surface area contributed by atoms with Gasteiger partial charge in [0.1, 0.15) is 60.4 Å². The van der Waals surface area contributed by atoms with Gasteiger partial charge in [0.15, 0.2) is 47.1 Å². The SMILES string of the molecule is CCc1ccc(NC(=O)[C@H](C)NC(=O)[C@@H](NC(=O)[C@H](CCCCN2C(=O)CC(C)C2=O)NC(=O)CCOCCOCCOCCOCCOCCOCCOCCOC)C(C)C)cc1.COC(=O)N(C)Cc1ccccc1C(=O)Nc1ncnc2c1ncn2[C@@H]1O[C@@H]2COP(O)(=S)O[C@@H]3[C@H](O)[C@@H](COP(=O)(S)O[C@H]2[C@H]1F)O[C@H]3n1cc(F)c2c(=O)[nH]cnc21. The van der Waals surface area contributed by atoms with E-state index in [0.29, 0.717) is 110 Å². The molecule has 0 saturated carbocycles. The number of methoxy groups -OCH3 is 2. The van der Waals surface area contributed by atoms with Crippen molar-refractivity contribution in [2.45, 2.75) is 147 Å². The average molecular weight is 1830 g/mol. The van der Waals surface area contributed by atoms with Gasteiger partial charge in [-0.1, -0.05) is 70.3 Å². The third kappa shape index (κ3) is 28.8. The molecule has 0 spiro atoms. The largest absolute Gasteiger partial charge is 0.453 e. The van der Waals surface area contributed by atoms with Gasteiger partial charge in [-0.15, -0.1) is 0 Å². The summed E-state index contributed by atoms with van der Waals surface area (Å²) >= 11 is 9.28. The summed E-state index contributed by atoms with van der Waals surface area (Å²) in [6, 6.07) is 11.0. The zero-order valence-electron chi connectivity index (χ0n) is 69.8. The van der Waals surface area contributed by atoms with E-state index in [1.807, 2.05) is 19.1 Å². The number of aryl methyl sites for hydroxylation is 1.